The molecule has 0 aliphatic carbocycles. The monoisotopic (exact) mass is 307 g/mol. The van der Waals surface area contributed by atoms with Crippen LogP contribution in [0.15, 0.2) is 34.3 Å². The topological polar surface area (TPSA) is 96.0 Å². The van der Waals surface area contributed by atoms with Crippen molar-refractivity contribution in [1.82, 2.24) is 20.2 Å². The smallest absolute Gasteiger partial charge is 0.269 e. The first-order chi connectivity index (χ1) is 10.2. The van der Waals surface area contributed by atoms with Crippen LogP contribution in [0.1, 0.15) is 18.9 Å². The van der Waals surface area contributed by atoms with E-state index < -0.39 is 4.92 Å². The molecule has 1 saturated heterocycles. The van der Waals surface area contributed by atoms with Crippen LogP contribution in [0.5, 0.6) is 0 Å². The summed E-state index contributed by atoms with van der Waals surface area (Å²) in [4.78, 5) is 11.1. The minimum atomic E-state index is -0.416. The van der Waals surface area contributed by atoms with Crippen molar-refractivity contribution in [3.8, 4) is 0 Å². The Hall–Kier alpha value is -2.00. The average molecular weight is 307 g/mol. The molecule has 0 saturated carbocycles. The van der Waals surface area contributed by atoms with Crippen molar-refractivity contribution < 1.29 is 9.66 Å². The Kier molecular flexibility index (Phi) is 4.11. The van der Waals surface area contributed by atoms with Gasteiger partial charge < -0.3 is 4.74 Å². The van der Waals surface area contributed by atoms with Crippen molar-refractivity contribution in [3.63, 3.8) is 0 Å². The van der Waals surface area contributed by atoms with E-state index >= 15 is 0 Å². The number of hydrogen-bond acceptors (Lipinski definition) is 7. The SMILES string of the molecule is O=[N+]([O-])c1ccc(Sc2nnnn2C2CCOCC2)cc1. The van der Waals surface area contributed by atoms with Gasteiger partial charge in [0.15, 0.2) is 0 Å². The molecule has 1 fully saturated rings. The summed E-state index contributed by atoms with van der Waals surface area (Å²) in [5.41, 5.74) is 0.0726. The molecule has 3 rings (SSSR count). The maximum Gasteiger partial charge on any atom is 0.269 e. The van der Waals surface area contributed by atoms with Crippen LogP contribution in [0, 0.1) is 10.1 Å². The van der Waals surface area contributed by atoms with Gasteiger partial charge >= 0.3 is 0 Å². The molecular weight excluding hydrogens is 294 g/mol. The molecule has 1 aliphatic rings. The molecule has 0 radical (unpaired) electrons. The Bertz CT molecular complexity index is 624. The van der Waals surface area contributed by atoms with Crippen LogP contribution in [-0.4, -0.2) is 38.3 Å². The lowest BCUT2D eigenvalue weighted by atomic mass is 10.1. The first kappa shape index (κ1) is 14.0. The maximum atomic E-state index is 10.6. The molecule has 1 aromatic carbocycles. The maximum absolute atomic E-state index is 10.6. The minimum Gasteiger partial charge on any atom is -0.381 e. The molecule has 110 valence electrons. The zero-order valence-corrected chi connectivity index (χ0v) is 11.9. The molecule has 0 spiro atoms. The van der Waals surface area contributed by atoms with Crippen molar-refractivity contribution in [2.75, 3.05) is 13.2 Å². The summed E-state index contributed by atoms with van der Waals surface area (Å²) in [6, 6.07) is 6.60. The van der Waals surface area contributed by atoms with Crippen LogP contribution >= 0.6 is 11.8 Å². The van der Waals surface area contributed by atoms with Gasteiger partial charge in [-0.1, -0.05) is 0 Å². The Labute approximate surface area is 124 Å². The summed E-state index contributed by atoms with van der Waals surface area (Å²) in [5.74, 6) is 0. The third-order valence-electron chi connectivity index (χ3n) is 3.26. The molecule has 0 bridgehead atoms. The molecule has 2 aromatic rings. The second-order valence-corrected chi connectivity index (χ2v) is 5.64. The van der Waals surface area contributed by atoms with E-state index in [0.29, 0.717) is 18.4 Å². The Balaban J connectivity index is 1.75. The second kappa shape index (κ2) is 6.19. The molecule has 21 heavy (non-hydrogen) atoms. The number of aromatic nitrogens is 4. The molecule has 1 aliphatic heterocycles. The van der Waals surface area contributed by atoms with Crippen molar-refractivity contribution in [2.45, 2.75) is 28.9 Å². The van der Waals surface area contributed by atoms with E-state index in [1.165, 1.54) is 23.9 Å². The number of non-ortho nitro benzene ring substituents is 1. The fourth-order valence-electron chi connectivity index (χ4n) is 2.15. The highest BCUT2D eigenvalue weighted by molar-refractivity contribution is 7.99. The van der Waals surface area contributed by atoms with E-state index in [-0.39, 0.29) is 11.7 Å². The number of hydrogen-bond donors (Lipinski definition) is 0. The van der Waals surface area contributed by atoms with Crippen LogP contribution in [-0.2, 0) is 4.74 Å². The predicted octanol–water partition coefficient (Wildman–Crippen LogP) is 2.08. The van der Waals surface area contributed by atoms with Gasteiger partial charge in [0, 0.05) is 30.2 Å². The van der Waals surface area contributed by atoms with Gasteiger partial charge in [0.25, 0.3) is 5.69 Å². The van der Waals surface area contributed by atoms with Crippen molar-refractivity contribution in [3.05, 3.63) is 34.4 Å². The van der Waals surface area contributed by atoms with Gasteiger partial charge in [-0.3, -0.25) is 10.1 Å². The molecule has 0 unspecified atom stereocenters. The molecule has 0 N–H and O–H groups in total. The van der Waals surface area contributed by atoms with E-state index in [2.05, 4.69) is 15.5 Å². The van der Waals surface area contributed by atoms with Gasteiger partial charge in [-0.25, -0.2) is 4.68 Å². The van der Waals surface area contributed by atoms with Gasteiger partial charge in [-0.05, 0) is 47.2 Å². The van der Waals surface area contributed by atoms with E-state index in [4.69, 9.17) is 4.74 Å². The number of nitro groups is 1. The lowest BCUT2D eigenvalue weighted by molar-refractivity contribution is -0.384. The number of nitro benzene ring substituents is 1. The van der Waals surface area contributed by atoms with Crippen molar-refractivity contribution >= 4 is 17.4 Å². The van der Waals surface area contributed by atoms with Gasteiger partial charge in [0.1, 0.15) is 0 Å². The Morgan fingerprint density at radius 1 is 1.29 bits per heavy atom. The van der Waals surface area contributed by atoms with Crippen LogP contribution in [0.4, 0.5) is 5.69 Å². The minimum absolute atomic E-state index is 0.0726. The first-order valence-corrected chi connectivity index (χ1v) is 7.33. The van der Waals surface area contributed by atoms with E-state index in [9.17, 15) is 10.1 Å². The van der Waals surface area contributed by atoms with E-state index in [1.54, 1.807) is 12.1 Å². The Morgan fingerprint density at radius 2 is 2.00 bits per heavy atom. The molecule has 1 aromatic heterocycles. The fraction of sp³-hybridized carbons (Fsp3) is 0.417. The lowest BCUT2D eigenvalue weighted by Gasteiger charge is -2.22. The summed E-state index contributed by atoms with van der Waals surface area (Å²) < 4.78 is 7.15. The molecule has 2 heterocycles. The molecule has 9 heteroatoms. The number of tetrazole rings is 1. The van der Waals surface area contributed by atoms with Crippen LogP contribution in [0.3, 0.4) is 0 Å². The van der Waals surface area contributed by atoms with Gasteiger partial charge in [-0.2, -0.15) is 0 Å². The largest absolute Gasteiger partial charge is 0.381 e. The summed E-state index contributed by atoms with van der Waals surface area (Å²) in [7, 11) is 0. The lowest BCUT2D eigenvalue weighted by Crippen LogP contribution is -2.21. The average Bonchev–Trinajstić information content (AvgIpc) is 2.97. The summed E-state index contributed by atoms with van der Waals surface area (Å²) in [6.07, 6.45) is 1.78. The highest BCUT2D eigenvalue weighted by Crippen LogP contribution is 2.30. The predicted molar refractivity (Wildman–Crippen MR) is 74.1 cm³/mol. The zero-order valence-electron chi connectivity index (χ0n) is 11.1. The zero-order chi connectivity index (χ0) is 14.7. The highest BCUT2D eigenvalue weighted by Gasteiger charge is 2.21. The van der Waals surface area contributed by atoms with Crippen molar-refractivity contribution in [2.24, 2.45) is 0 Å². The fourth-order valence-corrected chi connectivity index (χ4v) is 2.99. The van der Waals surface area contributed by atoms with Gasteiger partial charge in [0.2, 0.25) is 5.16 Å². The first-order valence-electron chi connectivity index (χ1n) is 6.52. The number of benzene rings is 1. The molecule has 0 atom stereocenters. The summed E-state index contributed by atoms with van der Waals surface area (Å²) >= 11 is 1.40. The second-order valence-electron chi connectivity index (χ2n) is 4.60. The van der Waals surface area contributed by atoms with Gasteiger partial charge in [-0.15, -0.1) is 5.10 Å². The molecule has 8 nitrogen and oxygen atoms in total. The molecule has 0 amide bonds. The normalized spacial score (nSPS) is 16.0. The standard InChI is InChI=1S/C12H13N5O3S/c18-17(19)10-1-3-11(4-2-10)21-12-13-14-15-16(12)9-5-7-20-8-6-9/h1-4,9H,5-8H2. The van der Waals surface area contributed by atoms with Crippen LogP contribution in [0.2, 0.25) is 0 Å². The van der Waals surface area contributed by atoms with E-state index in [1.807, 2.05) is 4.68 Å². The number of ether oxygens (including phenoxy) is 1. The number of nitrogens with zero attached hydrogens (tertiary/aromatic N) is 5. The third kappa shape index (κ3) is 3.19. The summed E-state index contributed by atoms with van der Waals surface area (Å²) in [5, 5.41) is 23.2. The Morgan fingerprint density at radius 3 is 2.67 bits per heavy atom. The number of rotatable bonds is 4. The quantitative estimate of drug-likeness (QED) is 0.630. The summed E-state index contributed by atoms with van der Waals surface area (Å²) in [6.45, 7) is 1.43. The van der Waals surface area contributed by atoms with E-state index in [0.717, 1.165) is 17.7 Å². The third-order valence-corrected chi connectivity index (χ3v) is 4.22. The molecular formula is C12H13N5O3S. The van der Waals surface area contributed by atoms with Gasteiger partial charge in [0.05, 0.1) is 11.0 Å². The van der Waals surface area contributed by atoms with Crippen molar-refractivity contribution in [1.29, 1.82) is 0 Å². The highest BCUT2D eigenvalue weighted by atomic mass is 32.2. The van der Waals surface area contributed by atoms with Crippen LogP contribution < -0.4 is 0 Å². The van der Waals surface area contributed by atoms with Crippen LogP contribution in [0.25, 0.3) is 0 Å².